The van der Waals surface area contributed by atoms with E-state index in [1.54, 1.807) is 0 Å². The van der Waals surface area contributed by atoms with Crippen LogP contribution in [0.15, 0.2) is 24.3 Å². The molecule has 0 unspecified atom stereocenters. The van der Waals surface area contributed by atoms with Crippen molar-refractivity contribution in [1.82, 2.24) is 4.90 Å². The zero-order valence-corrected chi connectivity index (χ0v) is 9.12. The Bertz CT molecular complexity index is 572. The monoisotopic (exact) mass is 245 g/mol. The second-order valence-corrected chi connectivity index (χ2v) is 3.36. The Balaban J connectivity index is 2.31. The first-order valence-electron chi connectivity index (χ1n) is 7.68. The molecule has 1 saturated heterocycles. The van der Waals surface area contributed by atoms with Crippen LogP contribution in [0, 0.1) is 0 Å². The van der Waals surface area contributed by atoms with Crippen molar-refractivity contribution in [3.05, 3.63) is 35.4 Å². The van der Waals surface area contributed by atoms with Crippen molar-refractivity contribution in [3.8, 4) is 0 Å². The average Bonchev–Trinajstić information content (AvgIpc) is 2.40. The van der Waals surface area contributed by atoms with E-state index in [-0.39, 0.29) is 11.1 Å². The first-order chi connectivity index (χ1) is 9.93. The highest BCUT2D eigenvalue weighted by molar-refractivity contribution is 6.17. The summed E-state index contributed by atoms with van der Waals surface area (Å²) in [5.41, 5.74) is 0.233. The number of amides is 1. The molecule has 0 atom stereocenters. The van der Waals surface area contributed by atoms with Gasteiger partial charge in [0.1, 0.15) is 0 Å². The Morgan fingerprint density at radius 3 is 2.81 bits per heavy atom. The van der Waals surface area contributed by atoms with Crippen LogP contribution in [0.4, 0.5) is 4.79 Å². The van der Waals surface area contributed by atoms with E-state index >= 15 is 0 Å². The number of carbonyl (C=O) groups excluding carboxylic acids is 1. The van der Waals surface area contributed by atoms with Crippen molar-refractivity contribution in [1.29, 1.82) is 0 Å². The van der Waals surface area contributed by atoms with E-state index in [2.05, 4.69) is 4.74 Å². The van der Waals surface area contributed by atoms with Gasteiger partial charge in [-0.3, -0.25) is 0 Å². The van der Waals surface area contributed by atoms with E-state index in [0.29, 0.717) is 4.90 Å². The molecular weight excluding hydrogens is 226 g/mol. The number of halogens is 1. The number of hydrogen-bond acceptors (Lipinski definition) is 2. The molecule has 86 valence electrons. The molecule has 1 aliphatic heterocycles. The predicted molar refractivity (Wildman–Crippen MR) is 62.4 cm³/mol. The number of hydrogen-bond donors (Lipinski definition) is 0. The van der Waals surface area contributed by atoms with Gasteiger partial charge in [-0.2, -0.15) is 0 Å². The van der Waals surface area contributed by atoms with Crippen molar-refractivity contribution < 1.29 is 17.8 Å². The van der Waals surface area contributed by atoms with Crippen LogP contribution in [-0.4, -0.2) is 24.1 Å². The van der Waals surface area contributed by atoms with Gasteiger partial charge in [0.15, 0.2) is 0 Å². The van der Waals surface area contributed by atoms with Crippen molar-refractivity contribution >= 4 is 17.7 Å². The Morgan fingerprint density at radius 2 is 2.12 bits per heavy atom. The van der Waals surface area contributed by atoms with Gasteiger partial charge in [0.05, 0.1) is 9.35 Å². The largest absolute Gasteiger partial charge is 0.449 e. The summed E-state index contributed by atoms with van der Waals surface area (Å²) in [4.78, 5) is 12.4. The minimum atomic E-state index is -2.29. The van der Waals surface area contributed by atoms with Crippen molar-refractivity contribution in [3.63, 3.8) is 0 Å². The molecule has 0 saturated carbocycles. The smallest absolute Gasteiger partial charge is 0.410 e. The van der Waals surface area contributed by atoms with Crippen LogP contribution >= 0.6 is 11.6 Å². The van der Waals surface area contributed by atoms with E-state index in [1.807, 2.05) is 0 Å². The molecule has 1 aliphatic rings. The summed E-state index contributed by atoms with van der Waals surface area (Å²) in [6.07, 6.45) is -2.77. The molecule has 1 heterocycles. The molecule has 4 heteroatoms. The molecule has 0 radical (unpaired) electrons. The zero-order valence-electron chi connectivity index (χ0n) is 14.4. The number of ether oxygens (including phenoxy) is 1. The van der Waals surface area contributed by atoms with Crippen LogP contribution in [0.3, 0.4) is 0 Å². The fraction of sp³-hybridized carbons (Fsp3) is 0.417. The second-order valence-electron chi connectivity index (χ2n) is 3.17. The van der Waals surface area contributed by atoms with Gasteiger partial charge in [0.25, 0.3) is 0 Å². The molecule has 1 amide bonds. The van der Waals surface area contributed by atoms with E-state index in [9.17, 15) is 4.79 Å². The first kappa shape index (κ1) is 5.92. The van der Waals surface area contributed by atoms with Gasteiger partial charge >= 0.3 is 6.09 Å². The van der Waals surface area contributed by atoms with Gasteiger partial charge in [-0.15, -0.1) is 11.6 Å². The molecule has 1 fully saturated rings. The summed E-state index contributed by atoms with van der Waals surface area (Å²) < 4.78 is 50.9. The molecule has 0 bridgehead atoms. The molecule has 1 aromatic carbocycles. The maximum Gasteiger partial charge on any atom is 0.410 e. The van der Waals surface area contributed by atoms with Crippen LogP contribution in [0.5, 0.6) is 0 Å². The summed E-state index contributed by atoms with van der Waals surface area (Å²) >= 11 is 5.54. The number of benzene rings is 1. The normalized spacial score (nSPS) is 26.6. The predicted octanol–water partition coefficient (Wildman–Crippen LogP) is 2.77. The van der Waals surface area contributed by atoms with E-state index in [4.69, 9.17) is 19.8 Å². The Morgan fingerprint density at radius 1 is 1.44 bits per heavy atom. The van der Waals surface area contributed by atoms with E-state index in [0.717, 1.165) is 0 Å². The third-order valence-electron chi connectivity index (χ3n) is 2.05. The lowest BCUT2D eigenvalue weighted by Gasteiger charge is -2.26. The standard InChI is InChI=1S/C12H14ClNO2/c13-8-10-2-4-11(5-3-10)9-14-6-1-7-16-12(14)15/h2-5H,1,6-9H2/i1D2,8D2,9D2. The zero-order chi connectivity index (χ0) is 16.8. The second kappa shape index (κ2) is 5.21. The molecule has 0 aromatic heterocycles. The van der Waals surface area contributed by atoms with Gasteiger partial charge < -0.3 is 9.64 Å². The van der Waals surface area contributed by atoms with Gasteiger partial charge in [0.2, 0.25) is 0 Å². The number of alkyl halides is 1. The Labute approximate surface area is 108 Å². The van der Waals surface area contributed by atoms with E-state index < -0.39 is 37.9 Å². The lowest BCUT2D eigenvalue weighted by atomic mass is 10.1. The summed E-state index contributed by atoms with van der Waals surface area (Å²) in [5.74, 6) is -2.08. The van der Waals surface area contributed by atoms with Gasteiger partial charge in [-0.1, -0.05) is 24.3 Å². The van der Waals surface area contributed by atoms with Crippen molar-refractivity contribution in [2.24, 2.45) is 0 Å². The van der Waals surface area contributed by atoms with Gasteiger partial charge in [0, 0.05) is 24.4 Å². The maximum absolute atomic E-state index is 11.7. The van der Waals surface area contributed by atoms with Crippen molar-refractivity contribution in [2.45, 2.75) is 18.7 Å². The Hall–Kier alpha value is -1.22. The molecule has 0 N–H and O–H groups in total. The number of cyclic esters (lactones) is 1. The summed E-state index contributed by atoms with van der Waals surface area (Å²) in [5, 5.41) is 0. The van der Waals surface area contributed by atoms with E-state index in [1.165, 1.54) is 24.3 Å². The first-order valence-corrected chi connectivity index (χ1v) is 5.06. The highest BCUT2D eigenvalue weighted by Gasteiger charge is 2.19. The molecule has 1 aromatic rings. The quantitative estimate of drug-likeness (QED) is 0.767. The van der Waals surface area contributed by atoms with Gasteiger partial charge in [-0.25, -0.2) is 4.79 Å². The van der Waals surface area contributed by atoms with Crippen LogP contribution in [0.2, 0.25) is 0 Å². The van der Waals surface area contributed by atoms with Gasteiger partial charge in [-0.05, 0) is 17.5 Å². The SMILES string of the molecule is [2H]C1([2H])COC(=O)N(C([2H])([2H])c2ccc(C([2H])([2H])Cl)cc2)C1. The minimum absolute atomic E-state index is 0.0758. The average molecular weight is 246 g/mol. The van der Waals surface area contributed by atoms with Crippen LogP contribution in [-0.2, 0) is 17.1 Å². The molecule has 3 nitrogen and oxygen atoms in total. The maximum atomic E-state index is 11.7. The molecule has 0 spiro atoms. The summed E-state index contributed by atoms with van der Waals surface area (Å²) in [7, 11) is 0. The summed E-state index contributed by atoms with van der Waals surface area (Å²) in [6.45, 7) is -3.14. The third-order valence-corrected chi connectivity index (χ3v) is 2.26. The molecule has 0 aliphatic carbocycles. The topological polar surface area (TPSA) is 29.5 Å². The fourth-order valence-corrected chi connectivity index (χ4v) is 1.39. The number of carbonyl (C=O) groups is 1. The Kier molecular flexibility index (Phi) is 1.93. The van der Waals surface area contributed by atoms with Crippen LogP contribution in [0.25, 0.3) is 0 Å². The lowest BCUT2D eigenvalue weighted by molar-refractivity contribution is 0.0700. The lowest BCUT2D eigenvalue weighted by Crippen LogP contribution is -2.37. The van der Waals surface area contributed by atoms with Crippen LogP contribution < -0.4 is 0 Å². The minimum Gasteiger partial charge on any atom is -0.449 e. The third kappa shape index (κ3) is 2.67. The number of nitrogens with zero attached hydrogens (tertiary/aromatic N) is 1. The molecular formula is C12H14ClNO2. The highest BCUT2D eigenvalue weighted by atomic mass is 35.5. The number of rotatable bonds is 3. The molecule has 16 heavy (non-hydrogen) atoms. The van der Waals surface area contributed by atoms with Crippen molar-refractivity contribution in [2.75, 3.05) is 13.2 Å². The molecule has 2 rings (SSSR count). The van der Waals surface area contributed by atoms with Crippen LogP contribution in [0.1, 0.15) is 25.7 Å². The summed E-state index contributed by atoms with van der Waals surface area (Å²) in [6, 6.07) is 5.27. The highest BCUT2D eigenvalue weighted by Crippen LogP contribution is 2.12. The fourth-order valence-electron chi connectivity index (χ4n) is 1.26.